The van der Waals surface area contributed by atoms with Gasteiger partial charge in [0.05, 0.1) is 6.04 Å². The van der Waals surface area contributed by atoms with Crippen LogP contribution in [0.1, 0.15) is 87.8 Å². The summed E-state index contributed by atoms with van der Waals surface area (Å²) in [4.78, 5) is 41.1. The van der Waals surface area contributed by atoms with Crippen LogP contribution in [-0.4, -0.2) is 52.9 Å². The average molecular weight is 597 g/mol. The molecule has 1 unspecified atom stereocenters. The minimum atomic E-state index is -0.941. The van der Waals surface area contributed by atoms with Gasteiger partial charge in [-0.25, -0.2) is 4.39 Å². The number of hydrogen-bond donors (Lipinski definition) is 4. The first-order chi connectivity index (χ1) is 20.6. The standard InChI is InChI=1S/C34H49FN4O4/c1-3-4-5-9-12-26-19-25(15-18-31(26)40)22-30(32(37)41)39(2)34(43)29(21-23-10-7-6-8-11-23)38-33(42)28(36)20-24-13-16-27(35)17-14-24/h13-19,23,28-30,40H,3-12,20-22,36H2,1-2H3,(H2,37,41)(H,38,42)/t28-,29?,30-/m0/s1. The van der Waals surface area contributed by atoms with Crippen LogP contribution >= 0.6 is 0 Å². The number of phenols is 1. The molecule has 2 aromatic rings. The number of hydrogen-bond acceptors (Lipinski definition) is 5. The Balaban J connectivity index is 1.74. The number of benzene rings is 2. The molecule has 0 aromatic heterocycles. The molecule has 8 nitrogen and oxygen atoms in total. The van der Waals surface area contributed by atoms with Crippen LogP contribution in [0.5, 0.6) is 5.75 Å². The molecule has 0 aliphatic heterocycles. The van der Waals surface area contributed by atoms with Gasteiger partial charge >= 0.3 is 0 Å². The van der Waals surface area contributed by atoms with Gasteiger partial charge in [0.1, 0.15) is 23.7 Å². The van der Waals surface area contributed by atoms with Gasteiger partial charge in [0.2, 0.25) is 17.7 Å². The number of carbonyl (C=O) groups is 3. The van der Waals surface area contributed by atoms with Gasteiger partial charge in [-0.3, -0.25) is 14.4 Å². The maximum absolute atomic E-state index is 13.9. The number of phenolic OH excluding ortho intramolecular Hbond substituents is 1. The van der Waals surface area contributed by atoms with Gasteiger partial charge in [-0.2, -0.15) is 0 Å². The lowest BCUT2D eigenvalue weighted by molar-refractivity contribution is -0.141. The molecule has 1 aliphatic carbocycles. The van der Waals surface area contributed by atoms with Crippen molar-refractivity contribution in [3.05, 3.63) is 65.0 Å². The summed E-state index contributed by atoms with van der Waals surface area (Å²) in [5, 5.41) is 13.2. The molecule has 2 aromatic carbocycles. The Morgan fingerprint density at radius 1 is 1.00 bits per heavy atom. The minimum Gasteiger partial charge on any atom is -0.508 e. The van der Waals surface area contributed by atoms with Crippen molar-refractivity contribution in [2.24, 2.45) is 17.4 Å². The van der Waals surface area contributed by atoms with Gasteiger partial charge < -0.3 is 26.8 Å². The molecule has 43 heavy (non-hydrogen) atoms. The normalized spacial score (nSPS) is 15.8. The third-order valence-corrected chi connectivity index (χ3v) is 8.63. The number of nitrogens with one attached hydrogen (secondary N) is 1. The highest BCUT2D eigenvalue weighted by molar-refractivity contribution is 5.92. The number of aryl methyl sites for hydroxylation is 1. The second-order valence-corrected chi connectivity index (χ2v) is 12.1. The number of halogens is 1. The number of primary amides is 1. The van der Waals surface area contributed by atoms with E-state index in [1.165, 1.54) is 17.0 Å². The van der Waals surface area contributed by atoms with E-state index < -0.39 is 35.8 Å². The lowest BCUT2D eigenvalue weighted by Crippen LogP contribution is -2.56. The lowest BCUT2D eigenvalue weighted by Gasteiger charge is -2.33. The van der Waals surface area contributed by atoms with Crippen LogP contribution in [0.3, 0.4) is 0 Å². The van der Waals surface area contributed by atoms with E-state index in [0.717, 1.165) is 75.3 Å². The Morgan fingerprint density at radius 2 is 1.67 bits per heavy atom. The topological polar surface area (TPSA) is 139 Å². The highest BCUT2D eigenvalue weighted by Crippen LogP contribution is 2.28. The zero-order valence-electron chi connectivity index (χ0n) is 25.7. The van der Waals surface area contributed by atoms with Crippen LogP contribution in [-0.2, 0) is 33.6 Å². The van der Waals surface area contributed by atoms with E-state index in [1.54, 1.807) is 31.3 Å². The summed E-state index contributed by atoms with van der Waals surface area (Å²) in [7, 11) is 1.54. The highest BCUT2D eigenvalue weighted by atomic mass is 19.1. The summed E-state index contributed by atoms with van der Waals surface area (Å²) in [6, 6.07) is 8.31. The van der Waals surface area contributed by atoms with Gasteiger partial charge in [-0.15, -0.1) is 0 Å². The fraction of sp³-hybridized carbons (Fsp3) is 0.559. The van der Waals surface area contributed by atoms with E-state index in [-0.39, 0.29) is 30.3 Å². The fourth-order valence-electron chi connectivity index (χ4n) is 5.98. The van der Waals surface area contributed by atoms with E-state index in [2.05, 4.69) is 12.2 Å². The third kappa shape index (κ3) is 10.6. The van der Waals surface area contributed by atoms with Crippen molar-refractivity contribution < 1.29 is 23.9 Å². The Morgan fingerprint density at radius 3 is 2.33 bits per heavy atom. The van der Waals surface area contributed by atoms with E-state index >= 15 is 0 Å². The summed E-state index contributed by atoms with van der Waals surface area (Å²) in [6.07, 6.45) is 11.1. The first-order valence-corrected chi connectivity index (χ1v) is 15.8. The summed E-state index contributed by atoms with van der Waals surface area (Å²) < 4.78 is 13.3. The number of nitrogens with zero attached hydrogens (tertiary/aromatic N) is 1. The molecular weight excluding hydrogens is 547 g/mol. The van der Waals surface area contributed by atoms with Crippen molar-refractivity contribution in [1.29, 1.82) is 0 Å². The van der Waals surface area contributed by atoms with E-state index in [1.807, 2.05) is 6.07 Å². The molecule has 9 heteroatoms. The van der Waals surface area contributed by atoms with Crippen molar-refractivity contribution in [2.45, 2.75) is 109 Å². The molecule has 0 radical (unpaired) electrons. The minimum absolute atomic E-state index is 0.188. The van der Waals surface area contributed by atoms with Crippen molar-refractivity contribution in [3.8, 4) is 5.75 Å². The van der Waals surface area contributed by atoms with Crippen molar-refractivity contribution >= 4 is 17.7 Å². The molecule has 0 heterocycles. The van der Waals surface area contributed by atoms with Crippen molar-refractivity contribution in [3.63, 3.8) is 0 Å². The second kappa shape index (κ2) is 17.0. The predicted octanol–water partition coefficient (Wildman–Crippen LogP) is 4.53. The number of aromatic hydroxyl groups is 1. The number of amides is 3. The number of unbranched alkanes of at least 4 members (excludes halogenated alkanes) is 3. The van der Waals surface area contributed by atoms with Gasteiger partial charge in [0, 0.05) is 13.5 Å². The zero-order chi connectivity index (χ0) is 31.4. The van der Waals surface area contributed by atoms with Crippen LogP contribution in [0, 0.1) is 11.7 Å². The maximum Gasteiger partial charge on any atom is 0.245 e. The van der Waals surface area contributed by atoms with Crippen LogP contribution in [0.25, 0.3) is 0 Å². The fourth-order valence-corrected chi connectivity index (χ4v) is 5.98. The molecule has 1 saturated carbocycles. The maximum atomic E-state index is 13.9. The Hall–Kier alpha value is -3.46. The Bertz CT molecular complexity index is 1200. The molecular formula is C34H49FN4O4. The molecule has 236 valence electrons. The molecule has 6 N–H and O–H groups in total. The van der Waals surface area contributed by atoms with E-state index in [9.17, 15) is 23.9 Å². The smallest absolute Gasteiger partial charge is 0.245 e. The first kappa shape index (κ1) is 34.0. The molecule has 1 aliphatic rings. The summed E-state index contributed by atoms with van der Waals surface area (Å²) in [5.41, 5.74) is 14.3. The van der Waals surface area contributed by atoms with Crippen LogP contribution in [0.2, 0.25) is 0 Å². The summed E-state index contributed by atoms with van der Waals surface area (Å²) >= 11 is 0. The van der Waals surface area contributed by atoms with Crippen molar-refractivity contribution in [1.82, 2.24) is 10.2 Å². The molecule has 3 rings (SSSR count). The molecule has 0 bridgehead atoms. The van der Waals surface area contributed by atoms with Crippen LogP contribution < -0.4 is 16.8 Å². The number of carbonyl (C=O) groups excluding carboxylic acids is 3. The SMILES string of the molecule is CCCCCCc1cc(C[C@@H](C(N)=O)N(C)C(=O)C(CC2CCCCC2)NC(=O)[C@@H](N)Cc2ccc(F)cc2)ccc1O. The second-order valence-electron chi connectivity index (χ2n) is 12.1. The Kier molecular flexibility index (Phi) is 13.4. The van der Waals surface area contributed by atoms with Crippen molar-refractivity contribution in [2.75, 3.05) is 7.05 Å². The number of nitrogens with two attached hydrogens (primary N) is 2. The predicted molar refractivity (Wildman–Crippen MR) is 167 cm³/mol. The zero-order valence-corrected chi connectivity index (χ0v) is 25.7. The quantitative estimate of drug-likeness (QED) is 0.211. The monoisotopic (exact) mass is 596 g/mol. The summed E-state index contributed by atoms with van der Waals surface area (Å²) in [6.45, 7) is 2.15. The third-order valence-electron chi connectivity index (χ3n) is 8.63. The molecule has 0 spiro atoms. The summed E-state index contributed by atoms with van der Waals surface area (Å²) in [5.74, 6) is -1.41. The van der Waals surface area contributed by atoms with Gasteiger partial charge in [0.15, 0.2) is 0 Å². The largest absolute Gasteiger partial charge is 0.508 e. The average Bonchev–Trinajstić information content (AvgIpc) is 2.99. The van der Waals surface area contributed by atoms with E-state index in [4.69, 9.17) is 11.5 Å². The molecule has 3 atom stereocenters. The molecule has 1 fully saturated rings. The van der Waals surface area contributed by atoms with Gasteiger partial charge in [0.25, 0.3) is 0 Å². The van der Waals surface area contributed by atoms with Gasteiger partial charge in [-0.05, 0) is 66.5 Å². The Labute approximate surface area is 255 Å². The van der Waals surface area contributed by atoms with Gasteiger partial charge in [-0.1, -0.05) is 82.6 Å². The molecule has 0 saturated heterocycles. The van der Waals surface area contributed by atoms with Crippen LogP contribution in [0.4, 0.5) is 4.39 Å². The lowest BCUT2D eigenvalue weighted by atomic mass is 9.84. The molecule has 3 amide bonds. The number of rotatable bonds is 16. The first-order valence-electron chi connectivity index (χ1n) is 15.8. The van der Waals surface area contributed by atoms with Crippen LogP contribution in [0.15, 0.2) is 42.5 Å². The number of likely N-dealkylation sites (N-methyl/N-ethyl adjacent to an activating group) is 1. The van der Waals surface area contributed by atoms with E-state index in [0.29, 0.717) is 12.0 Å². The highest BCUT2D eigenvalue weighted by Gasteiger charge is 2.34.